The van der Waals surface area contributed by atoms with Crippen molar-refractivity contribution in [2.24, 2.45) is 0 Å². The molecule has 19 heavy (non-hydrogen) atoms. The Hall–Kier alpha value is -2.90. The van der Waals surface area contributed by atoms with Crippen LogP contribution in [0, 0.1) is 10.1 Å². The van der Waals surface area contributed by atoms with Crippen molar-refractivity contribution in [2.45, 2.75) is 6.54 Å². The second kappa shape index (κ2) is 5.17. The number of anilines is 1. The van der Waals surface area contributed by atoms with Crippen molar-refractivity contribution in [3.05, 3.63) is 52.1 Å². The van der Waals surface area contributed by atoms with Gasteiger partial charge in [-0.15, -0.1) is 0 Å². The predicted molar refractivity (Wildman–Crippen MR) is 67.3 cm³/mol. The van der Waals surface area contributed by atoms with E-state index in [0.29, 0.717) is 5.82 Å². The summed E-state index contributed by atoms with van der Waals surface area (Å²) in [7, 11) is 0. The SMILES string of the molecule is Nc1c(C(=O)NCc2ncc[nH]2)cccc1[N+](=O)[O-]. The zero-order valence-electron chi connectivity index (χ0n) is 9.79. The average Bonchev–Trinajstić information content (AvgIpc) is 2.89. The Kier molecular flexibility index (Phi) is 3.42. The molecule has 1 amide bonds. The normalized spacial score (nSPS) is 10.1. The van der Waals surface area contributed by atoms with Crippen LogP contribution in [0.3, 0.4) is 0 Å². The largest absolute Gasteiger partial charge is 0.393 e. The first-order valence-electron chi connectivity index (χ1n) is 5.39. The quantitative estimate of drug-likeness (QED) is 0.426. The predicted octanol–water partition coefficient (Wildman–Crippen LogP) is 0.830. The highest BCUT2D eigenvalue weighted by molar-refractivity contribution is 6.00. The van der Waals surface area contributed by atoms with Gasteiger partial charge in [0.25, 0.3) is 11.6 Å². The molecule has 0 radical (unpaired) electrons. The first kappa shape index (κ1) is 12.6. The molecular formula is C11H11N5O3. The van der Waals surface area contributed by atoms with E-state index in [-0.39, 0.29) is 23.5 Å². The number of aromatic amines is 1. The number of nitrogens with two attached hydrogens (primary N) is 1. The van der Waals surface area contributed by atoms with Gasteiger partial charge in [-0.1, -0.05) is 6.07 Å². The lowest BCUT2D eigenvalue weighted by molar-refractivity contribution is -0.383. The fourth-order valence-electron chi connectivity index (χ4n) is 1.56. The van der Waals surface area contributed by atoms with Gasteiger partial charge in [0.05, 0.1) is 17.0 Å². The standard InChI is InChI=1S/C11H11N5O3/c12-10-7(2-1-3-8(10)16(18)19)11(17)15-6-9-13-4-5-14-9/h1-5H,6,12H2,(H,13,14)(H,15,17). The topological polar surface area (TPSA) is 127 Å². The fourth-order valence-corrected chi connectivity index (χ4v) is 1.56. The van der Waals surface area contributed by atoms with E-state index in [9.17, 15) is 14.9 Å². The smallest absolute Gasteiger partial charge is 0.292 e. The number of nitrogen functional groups attached to an aromatic ring is 1. The van der Waals surface area contributed by atoms with Crippen LogP contribution in [0.5, 0.6) is 0 Å². The van der Waals surface area contributed by atoms with Crippen molar-refractivity contribution in [3.63, 3.8) is 0 Å². The summed E-state index contributed by atoms with van der Waals surface area (Å²) in [4.78, 5) is 28.7. The van der Waals surface area contributed by atoms with Crippen LogP contribution >= 0.6 is 0 Å². The molecule has 98 valence electrons. The summed E-state index contributed by atoms with van der Waals surface area (Å²) in [6.45, 7) is 0.188. The van der Waals surface area contributed by atoms with Crippen molar-refractivity contribution in [1.29, 1.82) is 0 Å². The number of amides is 1. The minimum Gasteiger partial charge on any atom is -0.393 e. The highest BCUT2D eigenvalue weighted by atomic mass is 16.6. The maximum absolute atomic E-state index is 11.9. The minimum atomic E-state index is -0.626. The number of imidazole rings is 1. The molecule has 0 spiro atoms. The van der Waals surface area contributed by atoms with Gasteiger partial charge >= 0.3 is 0 Å². The summed E-state index contributed by atoms with van der Waals surface area (Å²) in [6, 6.07) is 4.09. The van der Waals surface area contributed by atoms with Gasteiger partial charge in [0, 0.05) is 18.5 Å². The molecule has 0 aliphatic rings. The van der Waals surface area contributed by atoms with Crippen LogP contribution in [0.2, 0.25) is 0 Å². The number of nitrogens with one attached hydrogen (secondary N) is 2. The second-order valence-corrected chi connectivity index (χ2v) is 3.71. The number of carbonyl (C=O) groups excluding carboxylic acids is 1. The van der Waals surface area contributed by atoms with Crippen molar-refractivity contribution < 1.29 is 9.72 Å². The lowest BCUT2D eigenvalue weighted by atomic mass is 10.1. The summed E-state index contributed by atoms with van der Waals surface area (Å²) in [6.07, 6.45) is 3.19. The molecule has 0 fully saturated rings. The summed E-state index contributed by atoms with van der Waals surface area (Å²) >= 11 is 0. The van der Waals surface area contributed by atoms with Crippen LogP contribution in [-0.2, 0) is 6.54 Å². The van der Waals surface area contributed by atoms with Crippen LogP contribution < -0.4 is 11.1 Å². The molecule has 0 aliphatic heterocycles. The fraction of sp³-hybridized carbons (Fsp3) is 0.0909. The van der Waals surface area contributed by atoms with E-state index in [1.165, 1.54) is 18.2 Å². The van der Waals surface area contributed by atoms with E-state index < -0.39 is 10.8 Å². The van der Waals surface area contributed by atoms with Crippen molar-refractivity contribution in [1.82, 2.24) is 15.3 Å². The van der Waals surface area contributed by atoms with Gasteiger partial charge in [-0.05, 0) is 6.07 Å². The third-order valence-corrected chi connectivity index (χ3v) is 2.50. The molecule has 8 nitrogen and oxygen atoms in total. The maximum atomic E-state index is 11.9. The molecule has 8 heteroatoms. The number of para-hydroxylation sites is 1. The molecule has 0 atom stereocenters. The Labute approximate surface area is 107 Å². The highest BCUT2D eigenvalue weighted by Crippen LogP contribution is 2.24. The number of aromatic nitrogens is 2. The van der Waals surface area contributed by atoms with Gasteiger partial charge < -0.3 is 16.0 Å². The molecule has 0 aliphatic carbocycles. The molecule has 1 aromatic heterocycles. The number of H-pyrrole nitrogens is 1. The average molecular weight is 261 g/mol. The number of nitrogens with zero attached hydrogens (tertiary/aromatic N) is 2. The molecule has 0 saturated heterocycles. The molecule has 2 rings (SSSR count). The van der Waals surface area contributed by atoms with Crippen molar-refractivity contribution in [3.8, 4) is 0 Å². The van der Waals surface area contributed by atoms with Crippen molar-refractivity contribution >= 4 is 17.3 Å². The van der Waals surface area contributed by atoms with Gasteiger partial charge in [0.1, 0.15) is 11.5 Å². The Morgan fingerprint density at radius 2 is 2.32 bits per heavy atom. The van der Waals surface area contributed by atoms with E-state index >= 15 is 0 Å². The van der Waals surface area contributed by atoms with Gasteiger partial charge in [-0.2, -0.15) is 0 Å². The Morgan fingerprint density at radius 3 is 2.95 bits per heavy atom. The molecule has 1 aromatic carbocycles. The molecule has 0 unspecified atom stereocenters. The van der Waals surface area contributed by atoms with Crippen molar-refractivity contribution in [2.75, 3.05) is 5.73 Å². The van der Waals surface area contributed by atoms with Gasteiger partial charge in [0.2, 0.25) is 0 Å². The molecule has 1 heterocycles. The number of hydrogen-bond donors (Lipinski definition) is 3. The zero-order chi connectivity index (χ0) is 13.8. The first-order valence-corrected chi connectivity index (χ1v) is 5.39. The van der Waals surface area contributed by atoms with Gasteiger partial charge in [-0.3, -0.25) is 14.9 Å². The first-order chi connectivity index (χ1) is 9.09. The number of nitro benzene ring substituents is 1. The molecule has 4 N–H and O–H groups in total. The summed E-state index contributed by atoms with van der Waals surface area (Å²) in [5.41, 5.74) is 5.24. The van der Waals surface area contributed by atoms with Crippen LogP contribution in [-0.4, -0.2) is 20.8 Å². The number of rotatable bonds is 4. The minimum absolute atomic E-state index is 0.0701. The molecule has 0 saturated carbocycles. The summed E-state index contributed by atoms with van der Waals surface area (Å²) in [5, 5.41) is 13.3. The number of nitro groups is 1. The molecule has 2 aromatic rings. The number of hydrogen-bond acceptors (Lipinski definition) is 5. The highest BCUT2D eigenvalue weighted by Gasteiger charge is 2.18. The van der Waals surface area contributed by atoms with Gasteiger partial charge in [-0.25, -0.2) is 4.98 Å². The third kappa shape index (κ3) is 2.68. The Morgan fingerprint density at radius 1 is 1.53 bits per heavy atom. The van der Waals surface area contributed by atoms with Crippen LogP contribution in [0.15, 0.2) is 30.6 Å². The summed E-state index contributed by atoms with van der Waals surface area (Å²) in [5.74, 6) is 0.0925. The van der Waals surface area contributed by atoms with E-state index in [2.05, 4.69) is 15.3 Å². The zero-order valence-corrected chi connectivity index (χ0v) is 9.79. The Bertz CT molecular complexity index is 609. The molecule has 0 bridgehead atoms. The van der Waals surface area contributed by atoms with Crippen LogP contribution in [0.25, 0.3) is 0 Å². The third-order valence-electron chi connectivity index (χ3n) is 2.50. The van der Waals surface area contributed by atoms with Gasteiger partial charge in [0.15, 0.2) is 0 Å². The summed E-state index contributed by atoms with van der Waals surface area (Å²) < 4.78 is 0. The Balaban J connectivity index is 2.15. The maximum Gasteiger partial charge on any atom is 0.292 e. The number of carbonyl (C=O) groups is 1. The lowest BCUT2D eigenvalue weighted by Crippen LogP contribution is -2.24. The number of benzene rings is 1. The van der Waals surface area contributed by atoms with E-state index in [4.69, 9.17) is 5.73 Å². The van der Waals surface area contributed by atoms with Crippen LogP contribution in [0.4, 0.5) is 11.4 Å². The van der Waals surface area contributed by atoms with E-state index in [1.807, 2.05) is 0 Å². The van der Waals surface area contributed by atoms with Crippen LogP contribution in [0.1, 0.15) is 16.2 Å². The second-order valence-electron chi connectivity index (χ2n) is 3.71. The molecular weight excluding hydrogens is 250 g/mol. The monoisotopic (exact) mass is 261 g/mol. The lowest BCUT2D eigenvalue weighted by Gasteiger charge is -2.06. The van der Waals surface area contributed by atoms with E-state index in [0.717, 1.165) is 0 Å². The van der Waals surface area contributed by atoms with E-state index in [1.54, 1.807) is 12.4 Å².